The highest BCUT2D eigenvalue weighted by Gasteiger charge is 2.11. The summed E-state index contributed by atoms with van der Waals surface area (Å²) in [7, 11) is 0. The van der Waals surface area contributed by atoms with Crippen LogP contribution in [0.2, 0.25) is 0 Å². The monoisotopic (exact) mass is 408 g/mol. The van der Waals surface area contributed by atoms with Gasteiger partial charge >= 0.3 is 0 Å². The zero-order chi connectivity index (χ0) is 20.1. The van der Waals surface area contributed by atoms with Crippen LogP contribution in [0, 0.1) is 5.82 Å². The van der Waals surface area contributed by atoms with E-state index in [1.54, 1.807) is 42.7 Å². The van der Waals surface area contributed by atoms with Crippen molar-refractivity contribution >= 4 is 17.7 Å². The molecule has 0 radical (unpaired) electrons. The molecule has 2 aromatic carbocycles. The second kappa shape index (κ2) is 8.74. The minimum atomic E-state index is -0.353. The summed E-state index contributed by atoms with van der Waals surface area (Å²) in [5, 5.41) is 10.2. The molecule has 4 rings (SSSR count). The van der Waals surface area contributed by atoms with Crippen LogP contribution >= 0.6 is 11.8 Å². The molecule has 0 spiro atoms. The van der Waals surface area contributed by atoms with Gasteiger partial charge in [-0.2, -0.15) is 0 Å². The van der Waals surface area contributed by atoms with Crippen LogP contribution in [0.4, 0.5) is 4.39 Å². The van der Waals surface area contributed by atoms with Gasteiger partial charge in [0.2, 0.25) is 5.16 Å². The van der Waals surface area contributed by atoms with Gasteiger partial charge in [0.05, 0.1) is 18.4 Å². The van der Waals surface area contributed by atoms with Crippen molar-refractivity contribution in [2.75, 3.05) is 0 Å². The van der Waals surface area contributed by atoms with Crippen LogP contribution in [-0.4, -0.2) is 21.1 Å². The van der Waals surface area contributed by atoms with Crippen LogP contribution < -0.4 is 5.32 Å². The van der Waals surface area contributed by atoms with E-state index < -0.39 is 0 Å². The molecule has 1 amide bonds. The van der Waals surface area contributed by atoms with E-state index in [4.69, 9.17) is 4.42 Å². The lowest BCUT2D eigenvalue weighted by atomic mass is 10.1. The number of hydrogen-bond acceptors (Lipinski definition) is 5. The molecule has 6 nitrogen and oxygen atoms in total. The zero-order valence-electron chi connectivity index (χ0n) is 15.3. The molecule has 0 aliphatic heterocycles. The van der Waals surface area contributed by atoms with Crippen molar-refractivity contribution in [1.29, 1.82) is 0 Å². The highest BCUT2D eigenvalue weighted by Crippen LogP contribution is 2.24. The van der Waals surface area contributed by atoms with E-state index in [0.717, 1.165) is 5.56 Å². The van der Waals surface area contributed by atoms with Crippen molar-refractivity contribution in [3.05, 3.63) is 89.6 Å². The third kappa shape index (κ3) is 4.72. The maximum absolute atomic E-state index is 13.9. The third-order valence-corrected chi connectivity index (χ3v) is 5.07. The number of furan rings is 1. The molecule has 0 atom stereocenters. The van der Waals surface area contributed by atoms with Gasteiger partial charge in [-0.05, 0) is 42.0 Å². The number of benzene rings is 2. The molecular formula is C21H17FN4O2S. The quantitative estimate of drug-likeness (QED) is 0.442. The van der Waals surface area contributed by atoms with Gasteiger partial charge in [-0.3, -0.25) is 9.89 Å². The number of aromatic nitrogens is 3. The summed E-state index contributed by atoms with van der Waals surface area (Å²) >= 11 is 1.40. The van der Waals surface area contributed by atoms with E-state index in [9.17, 15) is 9.18 Å². The Hall–Kier alpha value is -3.39. The first-order valence-corrected chi connectivity index (χ1v) is 9.87. The van der Waals surface area contributed by atoms with E-state index in [0.29, 0.717) is 40.2 Å². The molecule has 0 aliphatic carbocycles. The number of amides is 1. The molecule has 0 saturated carbocycles. The van der Waals surface area contributed by atoms with Crippen LogP contribution in [0.3, 0.4) is 0 Å². The average molecular weight is 408 g/mol. The minimum Gasteiger partial charge on any atom is -0.467 e. The first-order chi connectivity index (χ1) is 14.2. The number of rotatable bonds is 7. The lowest BCUT2D eigenvalue weighted by molar-refractivity contribution is 0.0948. The number of halogens is 1. The zero-order valence-corrected chi connectivity index (χ0v) is 16.1. The Balaban J connectivity index is 1.37. The second-order valence-corrected chi connectivity index (χ2v) is 7.14. The van der Waals surface area contributed by atoms with Crippen molar-refractivity contribution in [2.24, 2.45) is 0 Å². The lowest BCUT2D eigenvalue weighted by Gasteiger charge is -2.05. The number of carbonyl (C=O) groups excluding carboxylic acids is 1. The summed E-state index contributed by atoms with van der Waals surface area (Å²) in [4.78, 5) is 16.7. The molecule has 29 heavy (non-hydrogen) atoms. The summed E-state index contributed by atoms with van der Waals surface area (Å²) in [5.74, 6) is 1.13. The van der Waals surface area contributed by atoms with Crippen molar-refractivity contribution in [2.45, 2.75) is 17.5 Å². The van der Waals surface area contributed by atoms with Crippen molar-refractivity contribution in [3.8, 4) is 11.4 Å². The number of nitrogens with one attached hydrogen (secondary N) is 2. The molecule has 0 saturated heterocycles. The van der Waals surface area contributed by atoms with Crippen molar-refractivity contribution in [3.63, 3.8) is 0 Å². The van der Waals surface area contributed by atoms with Crippen LogP contribution in [0.5, 0.6) is 0 Å². The van der Waals surface area contributed by atoms with E-state index in [1.165, 1.54) is 17.8 Å². The largest absolute Gasteiger partial charge is 0.467 e. The smallest absolute Gasteiger partial charge is 0.251 e. The van der Waals surface area contributed by atoms with E-state index in [-0.39, 0.29) is 11.7 Å². The molecule has 2 aromatic heterocycles. The Kier molecular flexibility index (Phi) is 5.71. The number of thioether (sulfide) groups is 1. The van der Waals surface area contributed by atoms with Gasteiger partial charge in [0, 0.05) is 11.3 Å². The predicted octanol–water partition coefficient (Wildman–Crippen LogP) is 4.43. The van der Waals surface area contributed by atoms with E-state index in [1.807, 2.05) is 18.2 Å². The minimum absolute atomic E-state index is 0.173. The van der Waals surface area contributed by atoms with Gasteiger partial charge in [-0.15, -0.1) is 5.10 Å². The summed E-state index contributed by atoms with van der Waals surface area (Å²) in [6, 6.07) is 17.3. The molecule has 4 aromatic rings. The van der Waals surface area contributed by atoms with Gasteiger partial charge in [0.25, 0.3) is 5.91 Å². The Morgan fingerprint density at radius 2 is 2.03 bits per heavy atom. The number of aromatic amines is 1. The molecule has 0 bridgehead atoms. The van der Waals surface area contributed by atoms with Crippen molar-refractivity contribution in [1.82, 2.24) is 20.5 Å². The van der Waals surface area contributed by atoms with Gasteiger partial charge in [-0.1, -0.05) is 36.0 Å². The highest BCUT2D eigenvalue weighted by atomic mass is 32.2. The van der Waals surface area contributed by atoms with Crippen LogP contribution in [0.25, 0.3) is 11.4 Å². The SMILES string of the molecule is O=C(NCc1ccco1)c1cccc(CSc2n[nH]c(-c3ccccc3F)n2)c1. The first kappa shape index (κ1) is 18.9. The molecule has 8 heteroatoms. The van der Waals surface area contributed by atoms with Crippen LogP contribution in [0.1, 0.15) is 21.7 Å². The standard InChI is InChI=1S/C21H17FN4O2S/c22-18-9-2-1-8-17(18)19-24-21(26-25-19)29-13-14-5-3-6-15(11-14)20(27)23-12-16-7-4-10-28-16/h1-11H,12-13H2,(H,23,27)(H,24,25,26). The number of carbonyl (C=O) groups is 1. The topological polar surface area (TPSA) is 83.8 Å². The Bertz CT molecular complexity index is 1110. The average Bonchev–Trinajstić information content (AvgIpc) is 3.43. The van der Waals surface area contributed by atoms with Gasteiger partial charge < -0.3 is 9.73 Å². The summed E-state index contributed by atoms with van der Waals surface area (Å²) in [5.41, 5.74) is 1.90. The Morgan fingerprint density at radius 1 is 1.14 bits per heavy atom. The third-order valence-electron chi connectivity index (χ3n) is 4.15. The molecule has 0 aliphatic rings. The number of H-pyrrole nitrogens is 1. The first-order valence-electron chi connectivity index (χ1n) is 8.88. The maximum atomic E-state index is 13.9. The van der Waals surface area contributed by atoms with E-state index >= 15 is 0 Å². The number of hydrogen-bond donors (Lipinski definition) is 2. The summed E-state index contributed by atoms with van der Waals surface area (Å²) in [6.07, 6.45) is 1.57. The fourth-order valence-corrected chi connectivity index (χ4v) is 3.46. The Labute approximate surface area is 170 Å². The van der Waals surface area contributed by atoms with Gasteiger partial charge in [-0.25, -0.2) is 9.37 Å². The molecule has 2 N–H and O–H groups in total. The van der Waals surface area contributed by atoms with Crippen molar-refractivity contribution < 1.29 is 13.6 Å². The molecule has 0 unspecified atom stereocenters. The molecule has 2 heterocycles. The second-order valence-electron chi connectivity index (χ2n) is 6.20. The fourth-order valence-electron chi connectivity index (χ4n) is 2.72. The Morgan fingerprint density at radius 3 is 2.86 bits per heavy atom. The predicted molar refractivity (Wildman–Crippen MR) is 108 cm³/mol. The molecule has 146 valence electrons. The number of nitrogens with zero attached hydrogens (tertiary/aromatic N) is 2. The highest BCUT2D eigenvalue weighted by molar-refractivity contribution is 7.98. The van der Waals surface area contributed by atoms with Gasteiger partial charge in [0.1, 0.15) is 11.6 Å². The molecular weight excluding hydrogens is 391 g/mol. The van der Waals surface area contributed by atoms with E-state index in [2.05, 4.69) is 20.5 Å². The maximum Gasteiger partial charge on any atom is 0.251 e. The lowest BCUT2D eigenvalue weighted by Crippen LogP contribution is -2.22. The van der Waals surface area contributed by atoms with Gasteiger partial charge in [0.15, 0.2) is 5.82 Å². The summed E-state index contributed by atoms with van der Waals surface area (Å²) in [6.45, 7) is 0.334. The summed E-state index contributed by atoms with van der Waals surface area (Å²) < 4.78 is 19.1. The fraction of sp³-hybridized carbons (Fsp3) is 0.0952. The molecule has 0 fully saturated rings. The van der Waals surface area contributed by atoms with Crippen LogP contribution in [0.15, 0.2) is 76.5 Å². The normalized spacial score (nSPS) is 10.8. The van der Waals surface area contributed by atoms with Crippen LogP contribution in [-0.2, 0) is 12.3 Å².